The zero-order chi connectivity index (χ0) is 11.8. The largest absolute Gasteiger partial charge is 0.481 e. The van der Waals surface area contributed by atoms with Crippen LogP contribution in [0.2, 0.25) is 0 Å². The zero-order valence-corrected chi connectivity index (χ0v) is 9.52. The van der Waals surface area contributed by atoms with E-state index < -0.39 is 5.97 Å². The van der Waals surface area contributed by atoms with Crippen LogP contribution in [0.1, 0.15) is 25.1 Å². The summed E-state index contributed by atoms with van der Waals surface area (Å²) >= 11 is 0. The molecule has 90 valence electrons. The van der Waals surface area contributed by atoms with Crippen molar-refractivity contribution >= 4 is 5.97 Å². The Morgan fingerprint density at radius 2 is 2.31 bits per heavy atom. The second-order valence-corrected chi connectivity index (χ2v) is 3.69. The number of rotatable bonds is 8. The molecule has 1 aromatic rings. The van der Waals surface area contributed by atoms with E-state index in [1.807, 2.05) is 7.05 Å². The summed E-state index contributed by atoms with van der Waals surface area (Å²) in [6.45, 7) is 1.68. The molecule has 0 atom stereocenters. The molecule has 1 rings (SSSR count). The van der Waals surface area contributed by atoms with Crippen molar-refractivity contribution in [1.29, 1.82) is 0 Å². The van der Waals surface area contributed by atoms with Crippen LogP contribution in [0.5, 0.6) is 0 Å². The summed E-state index contributed by atoms with van der Waals surface area (Å²) in [5.41, 5.74) is 0. The Kier molecular flexibility index (Phi) is 5.49. The number of aromatic nitrogens is 3. The Hall–Kier alpha value is -1.43. The molecule has 2 N–H and O–H groups in total. The fourth-order valence-electron chi connectivity index (χ4n) is 1.35. The first-order chi connectivity index (χ1) is 7.68. The first kappa shape index (κ1) is 12.6. The van der Waals surface area contributed by atoms with Gasteiger partial charge < -0.3 is 10.4 Å². The van der Waals surface area contributed by atoms with E-state index in [1.165, 1.54) is 0 Å². The van der Waals surface area contributed by atoms with Crippen LogP contribution >= 0.6 is 0 Å². The van der Waals surface area contributed by atoms with Crippen LogP contribution in [-0.4, -0.2) is 38.9 Å². The van der Waals surface area contributed by atoms with Gasteiger partial charge in [0, 0.05) is 26.4 Å². The third-order valence-corrected chi connectivity index (χ3v) is 2.17. The Labute approximate surface area is 94.7 Å². The average molecular weight is 226 g/mol. The Balaban J connectivity index is 1.94. The summed E-state index contributed by atoms with van der Waals surface area (Å²) in [5, 5.41) is 15.8. The van der Waals surface area contributed by atoms with Crippen LogP contribution in [0, 0.1) is 0 Å². The molecular weight excluding hydrogens is 208 g/mol. The molecule has 0 bridgehead atoms. The van der Waals surface area contributed by atoms with Gasteiger partial charge in [0.2, 0.25) is 0 Å². The van der Waals surface area contributed by atoms with Gasteiger partial charge in [-0.1, -0.05) is 0 Å². The van der Waals surface area contributed by atoms with Crippen LogP contribution < -0.4 is 5.32 Å². The maximum atomic E-state index is 10.2. The van der Waals surface area contributed by atoms with Gasteiger partial charge in [0.1, 0.15) is 6.33 Å². The molecule has 1 aromatic heterocycles. The molecule has 0 radical (unpaired) electrons. The molecule has 0 aliphatic rings. The van der Waals surface area contributed by atoms with Crippen molar-refractivity contribution < 1.29 is 9.90 Å². The molecule has 0 unspecified atom stereocenters. The number of carbonyl (C=O) groups is 1. The van der Waals surface area contributed by atoms with Gasteiger partial charge in [-0.3, -0.25) is 9.48 Å². The lowest BCUT2D eigenvalue weighted by atomic mass is 10.2. The monoisotopic (exact) mass is 226 g/mol. The van der Waals surface area contributed by atoms with E-state index in [0.717, 1.165) is 38.2 Å². The van der Waals surface area contributed by atoms with Crippen LogP contribution in [0.25, 0.3) is 0 Å². The quantitative estimate of drug-likeness (QED) is 0.619. The van der Waals surface area contributed by atoms with Crippen molar-refractivity contribution in [2.45, 2.75) is 25.7 Å². The van der Waals surface area contributed by atoms with Crippen molar-refractivity contribution in [3.05, 3.63) is 12.2 Å². The van der Waals surface area contributed by atoms with Crippen molar-refractivity contribution in [2.75, 3.05) is 13.1 Å². The maximum absolute atomic E-state index is 10.2. The third-order valence-electron chi connectivity index (χ3n) is 2.17. The highest BCUT2D eigenvalue weighted by atomic mass is 16.4. The normalized spacial score (nSPS) is 10.6. The van der Waals surface area contributed by atoms with E-state index in [0.29, 0.717) is 0 Å². The summed E-state index contributed by atoms with van der Waals surface area (Å²) in [4.78, 5) is 14.3. The summed E-state index contributed by atoms with van der Waals surface area (Å²) < 4.78 is 1.68. The highest BCUT2D eigenvalue weighted by Gasteiger charge is 1.98. The SMILES string of the molecule is Cn1cnc(CCNCCCCC(=O)O)n1. The standard InChI is InChI=1S/C10H18N4O2/c1-14-8-12-9(13-14)5-7-11-6-3-2-4-10(15)16/h8,11H,2-7H2,1H3,(H,15,16). The van der Waals surface area contributed by atoms with Gasteiger partial charge in [0.25, 0.3) is 0 Å². The number of aliphatic carboxylic acids is 1. The molecule has 0 spiro atoms. The molecule has 1 heterocycles. The van der Waals surface area contributed by atoms with E-state index in [4.69, 9.17) is 5.11 Å². The van der Waals surface area contributed by atoms with Gasteiger partial charge in [0.05, 0.1) is 0 Å². The Morgan fingerprint density at radius 1 is 1.50 bits per heavy atom. The first-order valence-electron chi connectivity index (χ1n) is 5.45. The molecule has 0 saturated heterocycles. The van der Waals surface area contributed by atoms with E-state index in [-0.39, 0.29) is 6.42 Å². The summed E-state index contributed by atoms with van der Waals surface area (Å²) in [7, 11) is 1.84. The Bertz CT molecular complexity index is 324. The van der Waals surface area contributed by atoms with Gasteiger partial charge in [0.15, 0.2) is 5.82 Å². The number of aryl methyl sites for hydroxylation is 1. The summed E-state index contributed by atoms with van der Waals surface area (Å²) in [5.74, 6) is 0.109. The summed E-state index contributed by atoms with van der Waals surface area (Å²) in [6, 6.07) is 0. The van der Waals surface area contributed by atoms with Crippen LogP contribution in [0.3, 0.4) is 0 Å². The molecule has 6 nitrogen and oxygen atoms in total. The van der Waals surface area contributed by atoms with Crippen molar-refractivity contribution in [3.8, 4) is 0 Å². The lowest BCUT2D eigenvalue weighted by molar-refractivity contribution is -0.137. The molecule has 0 aliphatic carbocycles. The predicted octanol–water partition coefficient (Wildman–Crippen LogP) is 0.202. The van der Waals surface area contributed by atoms with E-state index in [2.05, 4.69) is 15.4 Å². The van der Waals surface area contributed by atoms with E-state index in [9.17, 15) is 4.79 Å². The fraction of sp³-hybridized carbons (Fsp3) is 0.700. The number of nitrogens with zero attached hydrogens (tertiary/aromatic N) is 3. The average Bonchev–Trinajstić information content (AvgIpc) is 2.62. The first-order valence-corrected chi connectivity index (χ1v) is 5.45. The fourth-order valence-corrected chi connectivity index (χ4v) is 1.35. The molecular formula is C10H18N4O2. The van der Waals surface area contributed by atoms with Crippen LogP contribution in [0.4, 0.5) is 0 Å². The molecule has 0 saturated carbocycles. The maximum Gasteiger partial charge on any atom is 0.303 e. The minimum absolute atomic E-state index is 0.253. The molecule has 0 aromatic carbocycles. The van der Waals surface area contributed by atoms with Gasteiger partial charge in [-0.05, 0) is 19.4 Å². The second kappa shape index (κ2) is 6.95. The van der Waals surface area contributed by atoms with Gasteiger partial charge in [-0.2, -0.15) is 5.10 Å². The number of carboxylic acid groups (broad SMARTS) is 1. The minimum atomic E-state index is -0.724. The Morgan fingerprint density at radius 3 is 2.94 bits per heavy atom. The highest BCUT2D eigenvalue weighted by Crippen LogP contribution is 1.93. The van der Waals surface area contributed by atoms with Gasteiger partial charge >= 0.3 is 5.97 Å². The number of hydrogen-bond donors (Lipinski definition) is 2. The van der Waals surface area contributed by atoms with Gasteiger partial charge in [-0.15, -0.1) is 0 Å². The summed E-state index contributed by atoms with van der Waals surface area (Å²) in [6.07, 6.45) is 4.36. The predicted molar refractivity (Wildman–Crippen MR) is 59.1 cm³/mol. The number of unbranched alkanes of at least 4 members (excludes halogenated alkanes) is 1. The number of carboxylic acids is 1. The zero-order valence-electron chi connectivity index (χ0n) is 9.52. The third kappa shape index (κ3) is 5.45. The molecule has 0 fully saturated rings. The van der Waals surface area contributed by atoms with Crippen molar-refractivity contribution in [1.82, 2.24) is 20.1 Å². The van der Waals surface area contributed by atoms with E-state index in [1.54, 1.807) is 11.0 Å². The van der Waals surface area contributed by atoms with Crippen molar-refractivity contribution in [2.24, 2.45) is 7.05 Å². The number of nitrogens with one attached hydrogen (secondary N) is 1. The molecule has 0 aliphatic heterocycles. The van der Waals surface area contributed by atoms with E-state index >= 15 is 0 Å². The second-order valence-electron chi connectivity index (χ2n) is 3.69. The van der Waals surface area contributed by atoms with Crippen LogP contribution in [0.15, 0.2) is 6.33 Å². The van der Waals surface area contributed by atoms with Crippen molar-refractivity contribution in [3.63, 3.8) is 0 Å². The molecule has 16 heavy (non-hydrogen) atoms. The van der Waals surface area contributed by atoms with Gasteiger partial charge in [-0.25, -0.2) is 4.98 Å². The smallest absolute Gasteiger partial charge is 0.303 e. The molecule has 6 heteroatoms. The highest BCUT2D eigenvalue weighted by molar-refractivity contribution is 5.66. The van der Waals surface area contributed by atoms with Crippen LogP contribution in [-0.2, 0) is 18.3 Å². The topological polar surface area (TPSA) is 80.0 Å². The number of hydrogen-bond acceptors (Lipinski definition) is 4. The molecule has 0 amide bonds. The lowest BCUT2D eigenvalue weighted by Gasteiger charge is -2.01. The minimum Gasteiger partial charge on any atom is -0.481 e. The lowest BCUT2D eigenvalue weighted by Crippen LogP contribution is -2.19.